The molecule has 0 fully saturated rings. The van der Waals surface area contributed by atoms with Crippen molar-refractivity contribution in [1.82, 2.24) is 0 Å². The second kappa shape index (κ2) is 8.59. The number of primary sulfonamides is 1. The first-order chi connectivity index (χ1) is 11.1. The molecule has 118 valence electrons. The number of rotatable bonds is 3. The van der Waals surface area contributed by atoms with Gasteiger partial charge < -0.3 is 0 Å². The summed E-state index contributed by atoms with van der Waals surface area (Å²) in [6.07, 6.45) is 0. The Morgan fingerprint density at radius 1 is 0.609 bits per heavy atom. The van der Waals surface area contributed by atoms with Gasteiger partial charge in [0, 0.05) is 0 Å². The quantitative estimate of drug-likeness (QED) is 0.743. The Morgan fingerprint density at radius 3 is 1.26 bits per heavy atom. The number of benzene rings is 3. The standard InChI is InChI=1S/C12H11P.C6H7NO2S/c1-3-7-11(8-4-1)13-12-9-5-2-6-10-12;7-10(8,9)6-4-2-1-3-5-6/h1-10,13H;1-5H,(H2,7,8,9). The van der Waals surface area contributed by atoms with Crippen LogP contribution in [0.25, 0.3) is 0 Å². The summed E-state index contributed by atoms with van der Waals surface area (Å²) in [4.78, 5) is 0.148. The highest BCUT2D eigenvalue weighted by Gasteiger charge is 2.03. The van der Waals surface area contributed by atoms with Gasteiger partial charge >= 0.3 is 0 Å². The second-order valence-corrected chi connectivity index (χ2v) is 7.68. The lowest BCUT2D eigenvalue weighted by molar-refractivity contribution is 0.598. The fourth-order valence-electron chi connectivity index (χ4n) is 1.82. The van der Waals surface area contributed by atoms with Crippen molar-refractivity contribution in [3.8, 4) is 0 Å². The van der Waals surface area contributed by atoms with Gasteiger partial charge in [0.15, 0.2) is 0 Å². The van der Waals surface area contributed by atoms with Gasteiger partial charge in [0.25, 0.3) is 0 Å². The van der Waals surface area contributed by atoms with Crippen LogP contribution in [0.3, 0.4) is 0 Å². The molecule has 0 saturated heterocycles. The van der Waals surface area contributed by atoms with Gasteiger partial charge in [-0.2, -0.15) is 0 Å². The van der Waals surface area contributed by atoms with Crippen LogP contribution in [0, 0.1) is 0 Å². The highest BCUT2D eigenvalue weighted by atomic mass is 32.2. The molecule has 3 nitrogen and oxygen atoms in total. The van der Waals surface area contributed by atoms with E-state index in [0.29, 0.717) is 0 Å². The number of sulfonamides is 1. The van der Waals surface area contributed by atoms with Gasteiger partial charge in [-0.15, -0.1) is 0 Å². The van der Waals surface area contributed by atoms with Gasteiger partial charge in [-0.3, -0.25) is 0 Å². The topological polar surface area (TPSA) is 60.2 Å². The summed E-state index contributed by atoms with van der Waals surface area (Å²) in [6.45, 7) is 0. The van der Waals surface area contributed by atoms with E-state index in [1.54, 1.807) is 18.2 Å². The van der Waals surface area contributed by atoms with E-state index in [-0.39, 0.29) is 4.90 Å². The van der Waals surface area contributed by atoms with Gasteiger partial charge in [-0.25, -0.2) is 13.6 Å². The van der Waals surface area contributed by atoms with Crippen molar-refractivity contribution in [2.75, 3.05) is 0 Å². The molecular formula is C18H18NO2PS. The van der Waals surface area contributed by atoms with E-state index in [1.165, 1.54) is 22.7 Å². The van der Waals surface area contributed by atoms with Crippen molar-refractivity contribution < 1.29 is 8.42 Å². The van der Waals surface area contributed by atoms with Gasteiger partial charge in [0.2, 0.25) is 10.0 Å². The van der Waals surface area contributed by atoms with Crippen LogP contribution >= 0.6 is 8.58 Å². The van der Waals surface area contributed by atoms with Crippen LogP contribution in [0.4, 0.5) is 0 Å². The summed E-state index contributed by atoms with van der Waals surface area (Å²) >= 11 is 0. The summed E-state index contributed by atoms with van der Waals surface area (Å²) in [5.74, 6) is 0. The van der Waals surface area contributed by atoms with Crippen molar-refractivity contribution in [2.45, 2.75) is 4.90 Å². The largest absolute Gasteiger partial charge is 0.238 e. The Kier molecular flexibility index (Phi) is 6.48. The zero-order chi connectivity index (χ0) is 16.5. The first-order valence-electron chi connectivity index (χ1n) is 7.01. The Hall–Kier alpha value is -2.00. The molecular weight excluding hydrogens is 325 g/mol. The molecule has 0 unspecified atom stereocenters. The van der Waals surface area contributed by atoms with Crippen LogP contribution in [0.1, 0.15) is 0 Å². The SMILES string of the molecule is NS(=O)(=O)c1ccccc1.c1ccc(Pc2ccccc2)cc1. The van der Waals surface area contributed by atoms with E-state index in [4.69, 9.17) is 5.14 Å². The molecule has 0 aromatic heterocycles. The number of hydrogen-bond donors (Lipinski definition) is 1. The van der Waals surface area contributed by atoms with Crippen LogP contribution in [0.2, 0.25) is 0 Å². The number of nitrogens with two attached hydrogens (primary N) is 1. The Bertz CT molecular complexity index is 770. The van der Waals surface area contributed by atoms with Gasteiger partial charge in [0.05, 0.1) is 4.90 Å². The van der Waals surface area contributed by atoms with Gasteiger partial charge in [-0.05, 0) is 22.7 Å². The van der Waals surface area contributed by atoms with Crippen molar-refractivity contribution in [3.05, 3.63) is 91.0 Å². The minimum Gasteiger partial charge on any atom is -0.225 e. The lowest BCUT2D eigenvalue weighted by atomic mass is 10.4. The lowest BCUT2D eigenvalue weighted by Crippen LogP contribution is -2.11. The number of hydrogen-bond acceptors (Lipinski definition) is 2. The molecule has 0 bridgehead atoms. The second-order valence-electron chi connectivity index (χ2n) is 4.72. The first kappa shape index (κ1) is 17.4. The average Bonchev–Trinajstić information content (AvgIpc) is 2.57. The molecule has 0 atom stereocenters. The summed E-state index contributed by atoms with van der Waals surface area (Å²) in [6, 6.07) is 29.0. The Labute approximate surface area is 139 Å². The maximum atomic E-state index is 10.6. The van der Waals surface area contributed by atoms with Crippen LogP contribution in [0.15, 0.2) is 95.9 Å². The molecule has 0 radical (unpaired) electrons. The lowest BCUT2D eigenvalue weighted by Gasteiger charge is -2.00. The summed E-state index contributed by atoms with van der Waals surface area (Å²) < 4.78 is 21.2. The minimum atomic E-state index is -3.50. The molecule has 3 aromatic rings. The van der Waals surface area contributed by atoms with E-state index in [0.717, 1.165) is 8.58 Å². The van der Waals surface area contributed by atoms with Gasteiger partial charge in [0.1, 0.15) is 0 Å². The fourth-order valence-corrected chi connectivity index (χ4v) is 3.41. The predicted octanol–water partition coefficient (Wildman–Crippen LogP) is 2.65. The molecule has 3 aromatic carbocycles. The van der Waals surface area contributed by atoms with Crippen LogP contribution in [0.5, 0.6) is 0 Å². The predicted molar refractivity (Wildman–Crippen MR) is 98.3 cm³/mol. The molecule has 0 aliphatic heterocycles. The molecule has 0 aliphatic rings. The monoisotopic (exact) mass is 343 g/mol. The summed E-state index contributed by atoms with van der Waals surface area (Å²) in [5.41, 5.74) is 0. The highest BCUT2D eigenvalue weighted by Crippen LogP contribution is 2.08. The third-order valence-corrected chi connectivity index (χ3v) is 5.08. The minimum absolute atomic E-state index is 0.148. The van der Waals surface area contributed by atoms with E-state index < -0.39 is 10.0 Å². The smallest absolute Gasteiger partial charge is 0.225 e. The highest BCUT2D eigenvalue weighted by molar-refractivity contribution is 7.89. The maximum absolute atomic E-state index is 10.6. The third kappa shape index (κ3) is 6.33. The first-order valence-corrected chi connectivity index (χ1v) is 9.55. The molecule has 0 spiro atoms. The average molecular weight is 343 g/mol. The van der Waals surface area contributed by atoms with Crippen LogP contribution < -0.4 is 15.7 Å². The zero-order valence-corrected chi connectivity index (χ0v) is 14.3. The normalized spacial score (nSPS) is 10.5. The summed E-state index contributed by atoms with van der Waals surface area (Å²) in [5, 5.41) is 7.62. The van der Waals surface area contributed by atoms with Gasteiger partial charge in [-0.1, -0.05) is 87.4 Å². The molecule has 0 saturated carbocycles. The molecule has 2 N–H and O–H groups in total. The molecule has 3 rings (SSSR count). The van der Waals surface area contributed by atoms with E-state index in [9.17, 15) is 8.42 Å². The Balaban J connectivity index is 0.000000174. The van der Waals surface area contributed by atoms with Crippen LogP contribution in [-0.2, 0) is 10.0 Å². The summed E-state index contributed by atoms with van der Waals surface area (Å²) in [7, 11) is -2.73. The van der Waals surface area contributed by atoms with E-state index in [2.05, 4.69) is 60.7 Å². The van der Waals surface area contributed by atoms with Crippen molar-refractivity contribution >= 4 is 29.2 Å². The Morgan fingerprint density at radius 2 is 0.957 bits per heavy atom. The zero-order valence-electron chi connectivity index (χ0n) is 12.5. The molecule has 23 heavy (non-hydrogen) atoms. The van der Waals surface area contributed by atoms with E-state index in [1.807, 2.05) is 0 Å². The molecule has 0 aliphatic carbocycles. The third-order valence-electron chi connectivity index (χ3n) is 2.91. The fraction of sp³-hybridized carbons (Fsp3) is 0. The van der Waals surface area contributed by atoms with Crippen molar-refractivity contribution in [3.63, 3.8) is 0 Å². The van der Waals surface area contributed by atoms with Crippen molar-refractivity contribution in [1.29, 1.82) is 0 Å². The maximum Gasteiger partial charge on any atom is 0.238 e. The van der Waals surface area contributed by atoms with Crippen LogP contribution in [-0.4, -0.2) is 8.42 Å². The molecule has 0 heterocycles. The van der Waals surface area contributed by atoms with E-state index >= 15 is 0 Å². The molecule has 5 heteroatoms. The van der Waals surface area contributed by atoms with Crippen molar-refractivity contribution in [2.24, 2.45) is 5.14 Å². The molecule has 0 amide bonds.